The number of halogens is 1. The van der Waals surface area contributed by atoms with Gasteiger partial charge in [-0.25, -0.2) is 0 Å². The van der Waals surface area contributed by atoms with E-state index in [1.54, 1.807) is 11.8 Å². The summed E-state index contributed by atoms with van der Waals surface area (Å²) in [7, 11) is 1.96. The Morgan fingerprint density at radius 3 is 2.80 bits per heavy atom. The first-order valence-corrected chi connectivity index (χ1v) is 5.25. The van der Waals surface area contributed by atoms with E-state index in [1.165, 1.54) is 5.03 Å². The summed E-state index contributed by atoms with van der Waals surface area (Å²) in [6.45, 7) is 0. The molecule has 1 aromatic heterocycles. The quantitative estimate of drug-likeness (QED) is 0.561. The maximum absolute atomic E-state index is 4.25. The van der Waals surface area contributed by atoms with Crippen molar-refractivity contribution >= 4 is 27.7 Å². The number of hydrogen-bond acceptors (Lipinski definition) is 2. The van der Waals surface area contributed by atoms with Crippen molar-refractivity contribution in [3.05, 3.63) is 11.8 Å². The third-order valence-corrected chi connectivity index (χ3v) is 2.61. The third-order valence-electron chi connectivity index (χ3n) is 1.23. The van der Waals surface area contributed by atoms with Crippen molar-refractivity contribution in [2.24, 2.45) is 7.05 Å². The van der Waals surface area contributed by atoms with Crippen molar-refractivity contribution in [1.29, 1.82) is 0 Å². The number of nitrogens with zero attached hydrogens (tertiary/aromatic N) is 2. The number of alkyl halides is 1. The third kappa shape index (κ3) is 1.55. The first kappa shape index (κ1) is 8.14. The lowest BCUT2D eigenvalue weighted by atomic mass is 10.5. The van der Waals surface area contributed by atoms with Crippen LogP contribution in [0.1, 0.15) is 5.69 Å². The zero-order valence-electron chi connectivity index (χ0n) is 5.97. The Morgan fingerprint density at radius 2 is 2.50 bits per heavy atom. The van der Waals surface area contributed by atoms with Crippen LogP contribution in [0.2, 0.25) is 0 Å². The molecule has 56 valence electrons. The molecule has 0 aliphatic carbocycles. The van der Waals surface area contributed by atoms with E-state index in [0.29, 0.717) is 0 Å². The molecule has 0 aromatic carbocycles. The number of aromatic nitrogens is 2. The van der Waals surface area contributed by atoms with Gasteiger partial charge in [-0.2, -0.15) is 5.10 Å². The highest BCUT2D eigenvalue weighted by molar-refractivity contribution is 9.08. The zero-order valence-corrected chi connectivity index (χ0v) is 8.37. The topological polar surface area (TPSA) is 17.8 Å². The molecule has 1 rings (SSSR count). The normalized spacial score (nSPS) is 10.3. The molecule has 0 bridgehead atoms. The highest BCUT2D eigenvalue weighted by atomic mass is 79.9. The molecule has 0 spiro atoms. The van der Waals surface area contributed by atoms with Gasteiger partial charge in [0.15, 0.2) is 0 Å². The summed E-state index contributed by atoms with van der Waals surface area (Å²) in [6, 6.07) is 2.08. The van der Waals surface area contributed by atoms with E-state index in [1.807, 2.05) is 11.7 Å². The molecule has 0 unspecified atom stereocenters. The van der Waals surface area contributed by atoms with Crippen LogP contribution in [0.3, 0.4) is 0 Å². The number of rotatable bonds is 2. The lowest BCUT2D eigenvalue weighted by Gasteiger charge is -1.92. The molecule has 0 N–H and O–H groups in total. The van der Waals surface area contributed by atoms with Crippen LogP contribution < -0.4 is 0 Å². The number of hydrogen-bond donors (Lipinski definition) is 0. The first-order valence-electron chi connectivity index (χ1n) is 2.90. The second kappa shape index (κ2) is 3.44. The highest BCUT2D eigenvalue weighted by Crippen LogP contribution is 2.15. The van der Waals surface area contributed by atoms with Crippen LogP contribution in [0.4, 0.5) is 0 Å². The van der Waals surface area contributed by atoms with Gasteiger partial charge in [0.05, 0.1) is 10.7 Å². The van der Waals surface area contributed by atoms with Gasteiger partial charge in [-0.3, -0.25) is 4.68 Å². The summed E-state index contributed by atoms with van der Waals surface area (Å²) in [5.74, 6) is 0. The van der Waals surface area contributed by atoms with Gasteiger partial charge in [-0.05, 0) is 12.3 Å². The van der Waals surface area contributed by atoms with Gasteiger partial charge in [0, 0.05) is 12.4 Å². The number of thioether (sulfide) groups is 1. The Labute approximate surface area is 73.1 Å². The highest BCUT2D eigenvalue weighted by Gasteiger charge is 2.00. The van der Waals surface area contributed by atoms with Crippen LogP contribution >= 0.6 is 27.7 Å². The van der Waals surface area contributed by atoms with Gasteiger partial charge in [0.1, 0.15) is 0 Å². The van der Waals surface area contributed by atoms with Crippen LogP contribution in [0.25, 0.3) is 0 Å². The molecule has 0 fully saturated rings. The first-order chi connectivity index (χ1) is 4.77. The average Bonchev–Trinajstić information content (AvgIpc) is 2.30. The molecule has 0 aliphatic rings. The van der Waals surface area contributed by atoms with Gasteiger partial charge in [-0.1, -0.05) is 15.9 Å². The number of aryl methyl sites for hydroxylation is 1. The second-order valence-corrected chi connectivity index (χ2v) is 3.32. The fourth-order valence-electron chi connectivity index (χ4n) is 0.763. The smallest absolute Gasteiger partial charge is 0.0937 e. The monoisotopic (exact) mass is 220 g/mol. The van der Waals surface area contributed by atoms with Gasteiger partial charge >= 0.3 is 0 Å². The summed E-state index contributed by atoms with van der Waals surface area (Å²) in [6.07, 6.45) is 2.05. The molecule has 2 nitrogen and oxygen atoms in total. The van der Waals surface area contributed by atoms with E-state index in [9.17, 15) is 0 Å². The van der Waals surface area contributed by atoms with E-state index >= 15 is 0 Å². The van der Waals surface area contributed by atoms with Crippen molar-refractivity contribution in [2.45, 2.75) is 10.4 Å². The molecule has 0 amide bonds. The summed E-state index contributed by atoms with van der Waals surface area (Å²) >= 11 is 5.06. The predicted octanol–water partition coefficient (Wildman–Crippen LogP) is 2.04. The molecule has 0 saturated carbocycles. The maximum atomic E-state index is 4.25. The lowest BCUT2D eigenvalue weighted by molar-refractivity contribution is 0.692. The van der Waals surface area contributed by atoms with E-state index in [4.69, 9.17) is 0 Å². The Balaban J connectivity index is 2.92. The zero-order chi connectivity index (χ0) is 7.56. The van der Waals surface area contributed by atoms with Crippen molar-refractivity contribution in [3.63, 3.8) is 0 Å². The van der Waals surface area contributed by atoms with Gasteiger partial charge in [-0.15, -0.1) is 11.8 Å². The van der Waals surface area contributed by atoms with Gasteiger partial charge in [0.2, 0.25) is 0 Å². The fraction of sp³-hybridized carbons (Fsp3) is 0.500. The summed E-state index contributed by atoms with van der Waals surface area (Å²) in [5.41, 5.74) is 1.09. The Kier molecular flexibility index (Phi) is 2.80. The van der Waals surface area contributed by atoms with Crippen LogP contribution in [0.15, 0.2) is 11.1 Å². The van der Waals surface area contributed by atoms with Gasteiger partial charge in [0.25, 0.3) is 0 Å². The largest absolute Gasteiger partial charge is 0.262 e. The van der Waals surface area contributed by atoms with E-state index in [-0.39, 0.29) is 0 Å². The SMILES string of the molecule is CSc1cc(CBr)nn1C. The lowest BCUT2D eigenvalue weighted by Crippen LogP contribution is -1.91. The molecule has 0 radical (unpaired) electrons. The minimum Gasteiger partial charge on any atom is -0.262 e. The van der Waals surface area contributed by atoms with E-state index in [2.05, 4.69) is 33.4 Å². The minimum atomic E-state index is 0.835. The molecule has 0 atom stereocenters. The van der Waals surface area contributed by atoms with Crippen molar-refractivity contribution < 1.29 is 0 Å². The molecule has 10 heavy (non-hydrogen) atoms. The summed E-state index contributed by atoms with van der Waals surface area (Å²) in [4.78, 5) is 0. The molecular formula is C6H9BrN2S. The van der Waals surface area contributed by atoms with Crippen LogP contribution in [0.5, 0.6) is 0 Å². The molecule has 4 heteroatoms. The van der Waals surface area contributed by atoms with E-state index in [0.717, 1.165) is 11.0 Å². The average molecular weight is 221 g/mol. The van der Waals surface area contributed by atoms with E-state index < -0.39 is 0 Å². The standard InChI is InChI=1S/C6H9BrN2S/c1-9-6(10-2)3-5(4-7)8-9/h3H,4H2,1-2H3. The molecule has 0 saturated heterocycles. The van der Waals surface area contributed by atoms with Crippen molar-refractivity contribution in [3.8, 4) is 0 Å². The van der Waals surface area contributed by atoms with Gasteiger partial charge < -0.3 is 0 Å². The summed E-state index contributed by atoms with van der Waals surface area (Å²) in [5, 5.41) is 6.29. The molecule has 1 aromatic rings. The maximum Gasteiger partial charge on any atom is 0.0937 e. The Morgan fingerprint density at radius 1 is 1.80 bits per heavy atom. The van der Waals surface area contributed by atoms with Crippen molar-refractivity contribution in [1.82, 2.24) is 9.78 Å². The molecule has 1 heterocycles. The van der Waals surface area contributed by atoms with Crippen molar-refractivity contribution in [2.75, 3.05) is 6.26 Å². The molecule has 0 aliphatic heterocycles. The van der Waals surface area contributed by atoms with Crippen LogP contribution in [-0.2, 0) is 12.4 Å². The Bertz CT molecular complexity index is 222. The minimum absolute atomic E-state index is 0.835. The van der Waals surface area contributed by atoms with Crippen LogP contribution in [-0.4, -0.2) is 16.0 Å². The second-order valence-electron chi connectivity index (χ2n) is 1.94. The predicted molar refractivity (Wildman–Crippen MR) is 47.6 cm³/mol. The Hall–Kier alpha value is 0.0400. The van der Waals surface area contributed by atoms with Crippen LogP contribution in [0, 0.1) is 0 Å². The molecular weight excluding hydrogens is 212 g/mol. The summed E-state index contributed by atoms with van der Waals surface area (Å²) < 4.78 is 1.89. The fourth-order valence-corrected chi connectivity index (χ4v) is 1.60.